The lowest BCUT2D eigenvalue weighted by Gasteiger charge is -2.02. The molecule has 4 nitrogen and oxygen atoms in total. The van der Waals surface area contributed by atoms with Crippen molar-refractivity contribution < 1.29 is 9.26 Å². The van der Waals surface area contributed by atoms with Gasteiger partial charge in [-0.3, -0.25) is 0 Å². The molecule has 0 unspecified atom stereocenters. The van der Waals surface area contributed by atoms with Gasteiger partial charge < -0.3 is 15.0 Å². The molecule has 0 amide bonds. The lowest BCUT2D eigenvalue weighted by atomic mass is 10.1. The minimum absolute atomic E-state index is 0.413. The number of hydrogen-bond donors (Lipinski definition) is 1. The Hall–Kier alpha value is -1.81. The first-order valence-corrected chi connectivity index (χ1v) is 4.63. The molecular weight excluding hydrogens is 192 g/mol. The smallest absolute Gasteiger partial charge is 0.171 e. The highest BCUT2D eigenvalue weighted by Crippen LogP contribution is 2.26. The molecule has 1 aromatic carbocycles. The largest absolute Gasteiger partial charge is 0.497 e. The average molecular weight is 204 g/mol. The van der Waals surface area contributed by atoms with Crippen molar-refractivity contribution in [2.75, 3.05) is 7.11 Å². The summed E-state index contributed by atoms with van der Waals surface area (Å²) in [4.78, 5) is 0. The Kier molecular flexibility index (Phi) is 2.69. The minimum atomic E-state index is 0.413. The third-order valence-electron chi connectivity index (χ3n) is 2.20. The van der Waals surface area contributed by atoms with Crippen molar-refractivity contribution >= 4 is 0 Å². The Morgan fingerprint density at radius 3 is 3.07 bits per heavy atom. The van der Waals surface area contributed by atoms with Crippen molar-refractivity contribution in [1.29, 1.82) is 0 Å². The van der Waals surface area contributed by atoms with E-state index >= 15 is 0 Å². The van der Waals surface area contributed by atoms with E-state index in [-0.39, 0.29) is 0 Å². The number of rotatable bonds is 3. The summed E-state index contributed by atoms with van der Waals surface area (Å²) < 4.78 is 10.3. The topological polar surface area (TPSA) is 61.3 Å². The van der Waals surface area contributed by atoms with Crippen LogP contribution in [0.5, 0.6) is 5.75 Å². The fourth-order valence-electron chi connectivity index (χ4n) is 1.41. The molecule has 15 heavy (non-hydrogen) atoms. The van der Waals surface area contributed by atoms with Crippen LogP contribution < -0.4 is 10.5 Å². The van der Waals surface area contributed by atoms with Crippen molar-refractivity contribution in [2.45, 2.75) is 6.54 Å². The third-order valence-corrected chi connectivity index (χ3v) is 2.20. The van der Waals surface area contributed by atoms with Crippen LogP contribution in [0.25, 0.3) is 11.3 Å². The molecule has 0 atom stereocenters. The Bertz CT molecular complexity index is 451. The van der Waals surface area contributed by atoms with Gasteiger partial charge in [-0.05, 0) is 12.1 Å². The van der Waals surface area contributed by atoms with Crippen molar-refractivity contribution in [2.24, 2.45) is 5.73 Å². The first-order chi connectivity index (χ1) is 7.35. The maximum Gasteiger partial charge on any atom is 0.171 e. The lowest BCUT2D eigenvalue weighted by molar-refractivity contribution is 0.413. The van der Waals surface area contributed by atoms with Crippen molar-refractivity contribution in [3.8, 4) is 17.1 Å². The molecule has 0 aliphatic rings. The molecule has 0 aliphatic carbocycles. The second kappa shape index (κ2) is 4.14. The van der Waals surface area contributed by atoms with Crippen LogP contribution in [0.4, 0.5) is 0 Å². The van der Waals surface area contributed by atoms with Crippen LogP contribution in [0.3, 0.4) is 0 Å². The normalized spacial score (nSPS) is 10.3. The van der Waals surface area contributed by atoms with Gasteiger partial charge >= 0.3 is 0 Å². The van der Waals surface area contributed by atoms with E-state index in [9.17, 15) is 0 Å². The van der Waals surface area contributed by atoms with Gasteiger partial charge in [-0.1, -0.05) is 17.3 Å². The number of methoxy groups -OCH3 is 1. The zero-order valence-electron chi connectivity index (χ0n) is 8.43. The van der Waals surface area contributed by atoms with Gasteiger partial charge in [-0.2, -0.15) is 0 Å². The van der Waals surface area contributed by atoms with Crippen LogP contribution in [0.15, 0.2) is 35.0 Å². The molecule has 0 saturated heterocycles. The molecule has 0 fully saturated rings. The number of nitrogens with two attached hydrogens (primary N) is 1. The summed E-state index contributed by atoms with van der Waals surface area (Å²) in [5, 5.41) is 3.73. The Morgan fingerprint density at radius 2 is 2.33 bits per heavy atom. The number of ether oxygens (including phenoxy) is 1. The SMILES string of the molecule is COc1cccc(-c2oncc2CN)c1. The summed E-state index contributed by atoms with van der Waals surface area (Å²) in [6, 6.07) is 7.60. The van der Waals surface area contributed by atoms with Gasteiger partial charge in [0.25, 0.3) is 0 Å². The molecule has 2 rings (SSSR count). The molecule has 0 aliphatic heterocycles. The van der Waals surface area contributed by atoms with E-state index in [1.165, 1.54) is 0 Å². The number of hydrogen-bond acceptors (Lipinski definition) is 4. The molecule has 1 aromatic heterocycles. The van der Waals surface area contributed by atoms with Gasteiger partial charge in [0.15, 0.2) is 5.76 Å². The Balaban J connectivity index is 2.44. The molecule has 0 radical (unpaired) electrons. The van der Waals surface area contributed by atoms with E-state index < -0.39 is 0 Å². The molecule has 0 saturated carbocycles. The van der Waals surface area contributed by atoms with Crippen molar-refractivity contribution in [3.63, 3.8) is 0 Å². The van der Waals surface area contributed by atoms with Gasteiger partial charge in [0, 0.05) is 17.7 Å². The summed E-state index contributed by atoms with van der Waals surface area (Å²) in [6.45, 7) is 0.413. The third kappa shape index (κ3) is 1.85. The van der Waals surface area contributed by atoms with Gasteiger partial charge in [0.1, 0.15) is 5.75 Å². The van der Waals surface area contributed by atoms with E-state index in [4.69, 9.17) is 15.0 Å². The van der Waals surface area contributed by atoms with Crippen LogP contribution in [0.2, 0.25) is 0 Å². The van der Waals surface area contributed by atoms with E-state index in [1.54, 1.807) is 13.3 Å². The Morgan fingerprint density at radius 1 is 1.47 bits per heavy atom. The summed E-state index contributed by atoms with van der Waals surface area (Å²) >= 11 is 0. The van der Waals surface area contributed by atoms with E-state index in [1.807, 2.05) is 24.3 Å². The molecule has 0 spiro atoms. The summed E-state index contributed by atoms with van der Waals surface area (Å²) in [5.41, 5.74) is 7.39. The fourth-order valence-corrected chi connectivity index (χ4v) is 1.41. The second-order valence-corrected chi connectivity index (χ2v) is 3.12. The zero-order chi connectivity index (χ0) is 10.7. The summed E-state index contributed by atoms with van der Waals surface area (Å²) in [7, 11) is 1.63. The van der Waals surface area contributed by atoms with E-state index in [0.717, 1.165) is 16.9 Å². The zero-order valence-corrected chi connectivity index (χ0v) is 8.43. The molecule has 0 bridgehead atoms. The van der Waals surface area contributed by atoms with Crippen LogP contribution in [0.1, 0.15) is 5.56 Å². The minimum Gasteiger partial charge on any atom is -0.497 e. The highest BCUT2D eigenvalue weighted by Gasteiger charge is 2.09. The van der Waals surface area contributed by atoms with Gasteiger partial charge in [0.05, 0.1) is 13.3 Å². The maximum absolute atomic E-state index is 5.57. The average Bonchev–Trinajstić information content (AvgIpc) is 2.77. The predicted octanol–water partition coefficient (Wildman–Crippen LogP) is 1.81. The highest BCUT2D eigenvalue weighted by atomic mass is 16.5. The molecule has 78 valence electrons. The lowest BCUT2D eigenvalue weighted by Crippen LogP contribution is -1.96. The van der Waals surface area contributed by atoms with Crippen molar-refractivity contribution in [1.82, 2.24) is 5.16 Å². The molecule has 2 aromatic rings. The van der Waals surface area contributed by atoms with Crippen LogP contribution in [0, 0.1) is 0 Å². The molecule has 4 heteroatoms. The molecule has 1 heterocycles. The number of benzene rings is 1. The first-order valence-electron chi connectivity index (χ1n) is 4.63. The number of nitrogens with zero attached hydrogens (tertiary/aromatic N) is 1. The van der Waals surface area contributed by atoms with E-state index in [2.05, 4.69) is 5.16 Å². The van der Waals surface area contributed by atoms with Gasteiger partial charge in [-0.15, -0.1) is 0 Å². The van der Waals surface area contributed by atoms with Crippen molar-refractivity contribution in [3.05, 3.63) is 36.0 Å². The van der Waals surface area contributed by atoms with E-state index in [0.29, 0.717) is 12.3 Å². The molecule has 2 N–H and O–H groups in total. The number of aromatic nitrogens is 1. The fraction of sp³-hybridized carbons (Fsp3) is 0.182. The summed E-state index contributed by atoms with van der Waals surface area (Å²) in [5.74, 6) is 1.49. The highest BCUT2D eigenvalue weighted by molar-refractivity contribution is 5.62. The summed E-state index contributed by atoms with van der Waals surface area (Å²) in [6.07, 6.45) is 1.63. The van der Waals surface area contributed by atoms with Gasteiger partial charge in [0.2, 0.25) is 0 Å². The van der Waals surface area contributed by atoms with Crippen LogP contribution >= 0.6 is 0 Å². The van der Waals surface area contributed by atoms with Crippen LogP contribution in [-0.4, -0.2) is 12.3 Å². The quantitative estimate of drug-likeness (QED) is 0.828. The Labute approximate surface area is 87.6 Å². The van der Waals surface area contributed by atoms with Gasteiger partial charge in [-0.25, -0.2) is 0 Å². The standard InChI is InChI=1S/C11H12N2O2/c1-14-10-4-2-3-8(5-10)11-9(6-12)7-13-15-11/h2-5,7H,6,12H2,1H3. The predicted molar refractivity (Wildman–Crippen MR) is 56.4 cm³/mol. The molecular formula is C11H12N2O2. The van der Waals surface area contributed by atoms with Crippen LogP contribution in [-0.2, 0) is 6.54 Å². The second-order valence-electron chi connectivity index (χ2n) is 3.12. The monoisotopic (exact) mass is 204 g/mol. The maximum atomic E-state index is 5.57. The first kappa shape index (κ1) is 9.73.